The van der Waals surface area contributed by atoms with Crippen molar-refractivity contribution in [2.24, 2.45) is 0 Å². The van der Waals surface area contributed by atoms with Gasteiger partial charge in [0.05, 0.1) is 4.90 Å². The first-order valence-electron chi connectivity index (χ1n) is 7.78. The number of likely N-dealkylation sites (tertiary alicyclic amines) is 1. The van der Waals surface area contributed by atoms with E-state index < -0.39 is 9.84 Å². The number of carbonyl (C=O) groups excluding carboxylic acids is 1. The molecule has 0 unspecified atom stereocenters. The lowest BCUT2D eigenvalue weighted by Gasteiger charge is -2.31. The van der Waals surface area contributed by atoms with Crippen molar-refractivity contribution in [3.8, 4) is 0 Å². The number of amides is 2. The first-order chi connectivity index (χ1) is 10.7. The van der Waals surface area contributed by atoms with Crippen LogP contribution in [0.25, 0.3) is 0 Å². The Bertz CT molecular complexity index is 654. The molecule has 0 saturated carbocycles. The molecule has 2 amide bonds. The molecular formula is C16H25N3O3S. The molecule has 128 valence electrons. The molecular weight excluding hydrogens is 314 g/mol. The summed E-state index contributed by atoms with van der Waals surface area (Å²) in [6.07, 6.45) is 3.54. The van der Waals surface area contributed by atoms with Crippen LogP contribution < -0.4 is 10.6 Å². The van der Waals surface area contributed by atoms with Gasteiger partial charge in [-0.2, -0.15) is 0 Å². The second-order valence-corrected chi connectivity index (χ2v) is 8.60. The molecule has 1 saturated heterocycles. The molecule has 7 heteroatoms. The van der Waals surface area contributed by atoms with E-state index in [1.165, 1.54) is 25.0 Å². The summed E-state index contributed by atoms with van der Waals surface area (Å²) in [5.41, 5.74) is 0.774. The molecule has 23 heavy (non-hydrogen) atoms. The van der Waals surface area contributed by atoms with Crippen molar-refractivity contribution >= 4 is 21.6 Å². The summed E-state index contributed by atoms with van der Waals surface area (Å²) in [4.78, 5) is 14.5. The molecule has 0 radical (unpaired) electrons. The van der Waals surface area contributed by atoms with Crippen molar-refractivity contribution in [2.45, 2.75) is 37.1 Å². The van der Waals surface area contributed by atoms with Gasteiger partial charge in [0, 0.05) is 30.6 Å². The van der Waals surface area contributed by atoms with E-state index in [0.717, 1.165) is 19.3 Å². The minimum atomic E-state index is -3.22. The first kappa shape index (κ1) is 17.7. The number of rotatable bonds is 5. The zero-order valence-electron chi connectivity index (χ0n) is 13.9. The number of urea groups is 1. The van der Waals surface area contributed by atoms with Crippen LogP contribution in [0.4, 0.5) is 10.5 Å². The fraction of sp³-hybridized carbons (Fsp3) is 0.562. The predicted molar refractivity (Wildman–Crippen MR) is 91.5 cm³/mol. The SMILES string of the molecule is CC1(C)CCCN1CCNC(=O)Nc1ccc(S(C)(=O)=O)cc1. The molecule has 1 aromatic rings. The van der Waals surface area contributed by atoms with Gasteiger partial charge in [-0.25, -0.2) is 13.2 Å². The predicted octanol–water partition coefficient (Wildman–Crippen LogP) is 2.09. The number of hydrogen-bond acceptors (Lipinski definition) is 4. The smallest absolute Gasteiger partial charge is 0.319 e. The van der Waals surface area contributed by atoms with E-state index in [2.05, 4.69) is 29.4 Å². The van der Waals surface area contributed by atoms with E-state index in [-0.39, 0.29) is 16.5 Å². The molecule has 0 spiro atoms. The molecule has 0 aliphatic carbocycles. The highest BCUT2D eigenvalue weighted by molar-refractivity contribution is 7.90. The third kappa shape index (κ3) is 4.94. The van der Waals surface area contributed by atoms with Gasteiger partial charge in [-0.15, -0.1) is 0 Å². The lowest BCUT2D eigenvalue weighted by molar-refractivity contribution is 0.176. The summed E-state index contributed by atoms with van der Waals surface area (Å²) in [7, 11) is -3.22. The van der Waals surface area contributed by atoms with E-state index in [0.29, 0.717) is 12.2 Å². The highest BCUT2D eigenvalue weighted by atomic mass is 32.2. The van der Waals surface area contributed by atoms with E-state index in [9.17, 15) is 13.2 Å². The fourth-order valence-corrected chi connectivity index (χ4v) is 3.47. The Kier molecular flexibility index (Phi) is 5.31. The summed E-state index contributed by atoms with van der Waals surface area (Å²) in [5, 5.41) is 5.53. The average Bonchev–Trinajstić information content (AvgIpc) is 2.77. The van der Waals surface area contributed by atoms with E-state index in [4.69, 9.17) is 0 Å². The van der Waals surface area contributed by atoms with Crippen molar-refractivity contribution in [1.29, 1.82) is 0 Å². The van der Waals surface area contributed by atoms with E-state index in [1.807, 2.05) is 0 Å². The summed E-state index contributed by atoms with van der Waals surface area (Å²) in [6.45, 7) is 6.93. The third-order valence-corrected chi connectivity index (χ3v) is 5.41. The van der Waals surface area contributed by atoms with Gasteiger partial charge in [-0.1, -0.05) is 0 Å². The zero-order valence-corrected chi connectivity index (χ0v) is 14.7. The summed E-state index contributed by atoms with van der Waals surface area (Å²) in [5.74, 6) is 0. The molecule has 1 fully saturated rings. The maximum absolute atomic E-state index is 11.9. The number of nitrogens with one attached hydrogen (secondary N) is 2. The molecule has 1 aliphatic heterocycles. The van der Waals surface area contributed by atoms with Crippen LogP contribution in [0.5, 0.6) is 0 Å². The van der Waals surface area contributed by atoms with Gasteiger partial charge in [0.15, 0.2) is 9.84 Å². The maximum atomic E-state index is 11.9. The second-order valence-electron chi connectivity index (χ2n) is 6.58. The van der Waals surface area contributed by atoms with Crippen molar-refractivity contribution in [1.82, 2.24) is 10.2 Å². The van der Waals surface area contributed by atoms with Crippen molar-refractivity contribution in [3.05, 3.63) is 24.3 Å². The second kappa shape index (κ2) is 6.88. The van der Waals surface area contributed by atoms with Gasteiger partial charge >= 0.3 is 6.03 Å². The number of hydrogen-bond donors (Lipinski definition) is 2. The maximum Gasteiger partial charge on any atom is 0.319 e. The van der Waals surface area contributed by atoms with Crippen molar-refractivity contribution < 1.29 is 13.2 Å². The molecule has 1 aliphatic rings. The minimum Gasteiger partial charge on any atom is -0.337 e. The summed E-state index contributed by atoms with van der Waals surface area (Å²) in [6, 6.07) is 5.85. The summed E-state index contributed by atoms with van der Waals surface area (Å²) < 4.78 is 22.8. The van der Waals surface area contributed by atoms with Crippen LogP contribution in [0, 0.1) is 0 Å². The molecule has 0 aromatic heterocycles. The summed E-state index contributed by atoms with van der Waals surface area (Å²) >= 11 is 0. The highest BCUT2D eigenvalue weighted by Crippen LogP contribution is 2.27. The number of sulfone groups is 1. The molecule has 1 aromatic carbocycles. The number of nitrogens with zero attached hydrogens (tertiary/aromatic N) is 1. The molecule has 2 rings (SSSR count). The quantitative estimate of drug-likeness (QED) is 0.861. The van der Waals surface area contributed by atoms with Crippen molar-refractivity contribution in [3.63, 3.8) is 0 Å². The largest absolute Gasteiger partial charge is 0.337 e. The number of benzene rings is 1. The van der Waals surface area contributed by atoms with Crippen molar-refractivity contribution in [2.75, 3.05) is 31.2 Å². The van der Waals surface area contributed by atoms with Gasteiger partial charge in [0.2, 0.25) is 0 Å². The highest BCUT2D eigenvalue weighted by Gasteiger charge is 2.31. The van der Waals surface area contributed by atoms with Crippen LogP contribution in [0.1, 0.15) is 26.7 Å². The van der Waals surface area contributed by atoms with Crippen LogP contribution in [-0.4, -0.2) is 50.8 Å². The number of anilines is 1. The lowest BCUT2D eigenvalue weighted by atomic mass is 10.0. The van der Waals surface area contributed by atoms with Crippen LogP contribution >= 0.6 is 0 Å². The standard InChI is InChI=1S/C16H25N3O3S/c1-16(2)9-4-11-19(16)12-10-17-15(20)18-13-5-7-14(8-6-13)23(3,21)22/h5-8H,4,9-12H2,1-3H3,(H2,17,18,20). The van der Waals surface area contributed by atoms with Gasteiger partial charge in [-0.05, 0) is 57.5 Å². The molecule has 1 heterocycles. The van der Waals surface area contributed by atoms with Gasteiger partial charge < -0.3 is 10.6 Å². The van der Waals surface area contributed by atoms with Crippen LogP contribution in [0.3, 0.4) is 0 Å². The molecule has 0 bridgehead atoms. The number of carbonyl (C=O) groups is 1. The first-order valence-corrected chi connectivity index (χ1v) is 9.68. The Hall–Kier alpha value is -1.60. The van der Waals surface area contributed by atoms with Gasteiger partial charge in [-0.3, -0.25) is 4.90 Å². The lowest BCUT2D eigenvalue weighted by Crippen LogP contribution is -2.43. The van der Waals surface area contributed by atoms with E-state index >= 15 is 0 Å². The van der Waals surface area contributed by atoms with Gasteiger partial charge in [0.25, 0.3) is 0 Å². The Morgan fingerprint density at radius 1 is 1.26 bits per heavy atom. The van der Waals surface area contributed by atoms with Crippen LogP contribution in [0.2, 0.25) is 0 Å². The Balaban J connectivity index is 1.79. The van der Waals surface area contributed by atoms with Gasteiger partial charge in [0.1, 0.15) is 0 Å². The minimum absolute atomic E-state index is 0.208. The third-order valence-electron chi connectivity index (χ3n) is 4.28. The molecule has 6 nitrogen and oxygen atoms in total. The average molecular weight is 339 g/mol. The topological polar surface area (TPSA) is 78.5 Å². The monoisotopic (exact) mass is 339 g/mol. The Morgan fingerprint density at radius 3 is 2.43 bits per heavy atom. The van der Waals surface area contributed by atoms with Crippen LogP contribution in [0.15, 0.2) is 29.2 Å². The fourth-order valence-electron chi connectivity index (χ4n) is 2.84. The normalized spacial score (nSPS) is 17.9. The zero-order chi connectivity index (χ0) is 17.1. The van der Waals surface area contributed by atoms with E-state index in [1.54, 1.807) is 12.1 Å². The molecule has 0 atom stereocenters. The Morgan fingerprint density at radius 2 is 1.91 bits per heavy atom. The Labute approximate surface area is 138 Å². The molecule has 2 N–H and O–H groups in total. The van der Waals surface area contributed by atoms with Crippen LogP contribution in [-0.2, 0) is 9.84 Å².